The highest BCUT2D eigenvalue weighted by molar-refractivity contribution is 9.10. The van der Waals surface area contributed by atoms with Gasteiger partial charge >= 0.3 is 0 Å². The number of anilines is 1. The van der Waals surface area contributed by atoms with Crippen molar-refractivity contribution in [3.05, 3.63) is 28.2 Å². The van der Waals surface area contributed by atoms with Gasteiger partial charge in [-0.3, -0.25) is 0 Å². The molecule has 0 amide bonds. The average Bonchev–Trinajstić information content (AvgIpc) is 2.49. The van der Waals surface area contributed by atoms with Crippen LogP contribution in [0.25, 0.3) is 0 Å². The standard InChI is InChI=1S/C18H29BrN2/c1-4-9-20-13-16-5-6-17(19)12-18(16)21-10-7-15(8-11-21)14(2)3/h5-6,12,14-15,20H,4,7-11,13H2,1-3H3. The molecule has 0 aliphatic carbocycles. The minimum atomic E-state index is 0.820. The molecule has 1 N–H and O–H groups in total. The number of hydrogen-bond acceptors (Lipinski definition) is 2. The fourth-order valence-electron chi connectivity index (χ4n) is 3.19. The molecule has 0 unspecified atom stereocenters. The highest BCUT2D eigenvalue weighted by Crippen LogP contribution is 2.31. The lowest BCUT2D eigenvalue weighted by atomic mass is 9.86. The van der Waals surface area contributed by atoms with Crippen molar-refractivity contribution in [1.82, 2.24) is 5.32 Å². The zero-order valence-corrected chi connectivity index (χ0v) is 15.2. The SMILES string of the molecule is CCCNCc1ccc(Br)cc1N1CCC(C(C)C)CC1. The molecule has 0 bridgehead atoms. The second kappa shape index (κ2) is 8.19. The molecular formula is C18H29BrN2. The Bertz CT molecular complexity index is 437. The van der Waals surface area contributed by atoms with Crippen LogP contribution in [-0.2, 0) is 6.54 Å². The van der Waals surface area contributed by atoms with E-state index in [-0.39, 0.29) is 0 Å². The summed E-state index contributed by atoms with van der Waals surface area (Å²) in [6.45, 7) is 11.4. The number of halogens is 1. The molecule has 1 aliphatic heterocycles. The second-order valence-corrected chi connectivity index (χ2v) is 7.43. The monoisotopic (exact) mass is 352 g/mol. The summed E-state index contributed by atoms with van der Waals surface area (Å²) in [5, 5.41) is 3.54. The van der Waals surface area contributed by atoms with Crippen LogP contribution in [0.3, 0.4) is 0 Å². The lowest BCUT2D eigenvalue weighted by Gasteiger charge is -2.36. The van der Waals surface area contributed by atoms with Crippen LogP contribution in [0.2, 0.25) is 0 Å². The molecule has 0 spiro atoms. The lowest BCUT2D eigenvalue weighted by molar-refractivity contribution is 0.311. The highest BCUT2D eigenvalue weighted by Gasteiger charge is 2.23. The molecule has 1 aliphatic rings. The molecule has 0 saturated carbocycles. The first-order valence-corrected chi connectivity index (χ1v) is 9.15. The number of benzene rings is 1. The molecule has 1 heterocycles. The molecule has 0 atom stereocenters. The van der Waals surface area contributed by atoms with Gasteiger partial charge in [-0.25, -0.2) is 0 Å². The van der Waals surface area contributed by atoms with Gasteiger partial charge in [0.1, 0.15) is 0 Å². The van der Waals surface area contributed by atoms with Crippen molar-refractivity contribution in [3.8, 4) is 0 Å². The Morgan fingerprint density at radius 2 is 2.00 bits per heavy atom. The van der Waals surface area contributed by atoms with Crippen molar-refractivity contribution < 1.29 is 0 Å². The maximum atomic E-state index is 3.63. The number of hydrogen-bond donors (Lipinski definition) is 1. The van der Waals surface area contributed by atoms with Crippen molar-refractivity contribution in [3.63, 3.8) is 0 Å². The van der Waals surface area contributed by atoms with Crippen molar-refractivity contribution >= 4 is 21.6 Å². The summed E-state index contributed by atoms with van der Waals surface area (Å²) >= 11 is 3.63. The normalized spacial score (nSPS) is 16.7. The maximum absolute atomic E-state index is 3.63. The van der Waals surface area contributed by atoms with E-state index in [0.29, 0.717) is 0 Å². The largest absolute Gasteiger partial charge is 0.371 e. The van der Waals surface area contributed by atoms with Crippen LogP contribution in [0.1, 0.15) is 45.6 Å². The summed E-state index contributed by atoms with van der Waals surface area (Å²) in [6.07, 6.45) is 3.84. The molecule has 21 heavy (non-hydrogen) atoms. The van der Waals surface area contributed by atoms with E-state index in [2.05, 4.69) is 65.1 Å². The van der Waals surface area contributed by atoms with Crippen LogP contribution in [-0.4, -0.2) is 19.6 Å². The van der Waals surface area contributed by atoms with E-state index in [0.717, 1.165) is 24.9 Å². The van der Waals surface area contributed by atoms with E-state index in [1.54, 1.807) is 0 Å². The summed E-state index contributed by atoms with van der Waals surface area (Å²) in [5.74, 6) is 1.72. The van der Waals surface area contributed by atoms with Gasteiger partial charge < -0.3 is 10.2 Å². The lowest BCUT2D eigenvalue weighted by Crippen LogP contribution is -2.36. The topological polar surface area (TPSA) is 15.3 Å². The molecule has 118 valence electrons. The third kappa shape index (κ3) is 4.72. The third-order valence-corrected chi connectivity index (χ3v) is 5.11. The summed E-state index contributed by atoms with van der Waals surface area (Å²) in [4.78, 5) is 2.58. The highest BCUT2D eigenvalue weighted by atomic mass is 79.9. The Kier molecular flexibility index (Phi) is 6.56. The van der Waals surface area contributed by atoms with Gasteiger partial charge in [0.15, 0.2) is 0 Å². The van der Waals surface area contributed by atoms with E-state index in [9.17, 15) is 0 Å². The van der Waals surface area contributed by atoms with Gasteiger partial charge in [0.25, 0.3) is 0 Å². The van der Waals surface area contributed by atoms with E-state index >= 15 is 0 Å². The van der Waals surface area contributed by atoms with Crippen LogP contribution in [0.15, 0.2) is 22.7 Å². The van der Waals surface area contributed by atoms with Gasteiger partial charge in [0, 0.05) is 29.8 Å². The third-order valence-electron chi connectivity index (χ3n) is 4.61. The Balaban J connectivity index is 2.06. The second-order valence-electron chi connectivity index (χ2n) is 6.52. The predicted molar refractivity (Wildman–Crippen MR) is 95.9 cm³/mol. The molecule has 3 heteroatoms. The Morgan fingerprint density at radius 3 is 2.62 bits per heavy atom. The molecule has 1 aromatic carbocycles. The van der Waals surface area contributed by atoms with E-state index in [1.165, 1.54) is 48.1 Å². The molecule has 2 rings (SSSR count). The van der Waals surface area contributed by atoms with Crippen molar-refractivity contribution in [2.75, 3.05) is 24.5 Å². The fraction of sp³-hybridized carbons (Fsp3) is 0.667. The van der Waals surface area contributed by atoms with E-state index < -0.39 is 0 Å². The quantitative estimate of drug-likeness (QED) is 0.738. The van der Waals surface area contributed by atoms with Gasteiger partial charge in [-0.05, 0) is 55.3 Å². The van der Waals surface area contributed by atoms with Crippen LogP contribution in [0.4, 0.5) is 5.69 Å². The molecule has 0 aromatic heterocycles. The molecule has 0 radical (unpaired) electrons. The Morgan fingerprint density at radius 1 is 1.29 bits per heavy atom. The molecule has 1 aromatic rings. The molecule has 1 saturated heterocycles. The van der Waals surface area contributed by atoms with E-state index in [4.69, 9.17) is 0 Å². The molecule has 2 nitrogen and oxygen atoms in total. The summed E-state index contributed by atoms with van der Waals surface area (Å²) in [6, 6.07) is 6.71. The Labute approximate surface area is 138 Å². The van der Waals surface area contributed by atoms with Crippen LogP contribution in [0, 0.1) is 11.8 Å². The van der Waals surface area contributed by atoms with E-state index in [1.807, 2.05) is 0 Å². The summed E-state index contributed by atoms with van der Waals surface area (Å²) in [7, 11) is 0. The number of nitrogens with one attached hydrogen (secondary N) is 1. The molecule has 1 fully saturated rings. The fourth-order valence-corrected chi connectivity index (χ4v) is 3.54. The van der Waals surface area contributed by atoms with Gasteiger partial charge in [-0.2, -0.15) is 0 Å². The van der Waals surface area contributed by atoms with Gasteiger partial charge in [-0.1, -0.05) is 42.8 Å². The van der Waals surface area contributed by atoms with Crippen LogP contribution >= 0.6 is 15.9 Å². The van der Waals surface area contributed by atoms with Crippen molar-refractivity contribution in [2.45, 2.75) is 46.6 Å². The first-order chi connectivity index (χ1) is 10.1. The summed E-state index contributed by atoms with van der Waals surface area (Å²) < 4.78 is 1.18. The van der Waals surface area contributed by atoms with Gasteiger partial charge in [0.2, 0.25) is 0 Å². The maximum Gasteiger partial charge on any atom is 0.0423 e. The average molecular weight is 353 g/mol. The zero-order valence-electron chi connectivity index (χ0n) is 13.7. The van der Waals surface area contributed by atoms with Crippen LogP contribution < -0.4 is 10.2 Å². The number of piperidine rings is 1. The number of nitrogens with zero attached hydrogens (tertiary/aromatic N) is 1. The zero-order chi connectivity index (χ0) is 15.2. The first-order valence-electron chi connectivity index (χ1n) is 8.36. The summed E-state index contributed by atoms with van der Waals surface area (Å²) in [5.41, 5.74) is 2.84. The Hall–Kier alpha value is -0.540. The molecular weight excluding hydrogens is 324 g/mol. The minimum Gasteiger partial charge on any atom is -0.371 e. The number of rotatable bonds is 6. The smallest absolute Gasteiger partial charge is 0.0423 e. The van der Waals surface area contributed by atoms with Crippen LogP contribution in [0.5, 0.6) is 0 Å². The first kappa shape index (κ1) is 16.8. The van der Waals surface area contributed by atoms with Gasteiger partial charge in [0.05, 0.1) is 0 Å². The predicted octanol–water partition coefficient (Wildman–Crippen LogP) is 4.82. The van der Waals surface area contributed by atoms with Crippen molar-refractivity contribution in [1.29, 1.82) is 0 Å². The van der Waals surface area contributed by atoms with Gasteiger partial charge in [-0.15, -0.1) is 0 Å². The van der Waals surface area contributed by atoms with Crippen molar-refractivity contribution in [2.24, 2.45) is 11.8 Å². The minimum absolute atomic E-state index is 0.820.